The van der Waals surface area contributed by atoms with Crippen LogP contribution in [0.25, 0.3) is 87.1 Å². The molecule has 0 saturated heterocycles. The first-order chi connectivity index (χ1) is 33.7. The van der Waals surface area contributed by atoms with Crippen molar-refractivity contribution in [2.24, 2.45) is 0 Å². The van der Waals surface area contributed by atoms with Crippen molar-refractivity contribution >= 4 is 48.6 Å². The van der Waals surface area contributed by atoms with Gasteiger partial charge < -0.3 is 9.32 Å². The molecule has 0 fully saturated rings. The molecule has 1 spiro atoms. The molecule has 10 aromatic carbocycles. The summed E-state index contributed by atoms with van der Waals surface area (Å²) in [6.07, 6.45) is 1.73. The second-order valence-corrected chi connectivity index (χ2v) is 19.0. The highest BCUT2D eigenvalue weighted by Gasteiger charge is 2.50. The molecule has 0 amide bonds. The monoisotopic (exact) mass is 883 g/mol. The zero-order chi connectivity index (χ0) is 44.8. The smallest absolute Gasteiger partial charge is 0.133 e. The summed E-state index contributed by atoms with van der Waals surface area (Å²) in [6, 6.07) is 89.7. The number of hydrogen-bond acceptors (Lipinski definition) is 3. The normalized spacial score (nSPS) is 14.2. The first-order valence-electron chi connectivity index (χ1n) is 23.3. The van der Waals surface area contributed by atoms with Crippen molar-refractivity contribution in [2.45, 2.75) is 5.41 Å². The third-order valence-electron chi connectivity index (χ3n) is 14.4. The van der Waals surface area contributed by atoms with Crippen molar-refractivity contribution in [2.75, 3.05) is 4.90 Å². The fraction of sp³-hybridized carbons (Fsp3) is 0.0154. The molecule has 2 nitrogen and oxygen atoms in total. The first-order valence-corrected chi connectivity index (χ1v) is 24.1. The third kappa shape index (κ3) is 5.83. The summed E-state index contributed by atoms with van der Waals surface area (Å²) in [4.78, 5) is 2.42. The highest BCUT2D eigenvalue weighted by Crippen LogP contribution is 2.63. The highest BCUT2D eigenvalue weighted by molar-refractivity contribution is 7.25. The molecule has 318 valence electrons. The number of thiophene rings is 1. The van der Waals surface area contributed by atoms with E-state index in [1.165, 1.54) is 86.9 Å². The van der Waals surface area contributed by atoms with Gasteiger partial charge in [0.1, 0.15) is 5.76 Å². The fourth-order valence-electron chi connectivity index (χ4n) is 11.4. The summed E-state index contributed by atoms with van der Waals surface area (Å²) in [7, 11) is 0. The molecule has 3 heteroatoms. The lowest BCUT2D eigenvalue weighted by molar-refractivity contribution is 0.582. The van der Waals surface area contributed by atoms with Gasteiger partial charge in [-0.05, 0) is 151 Å². The molecule has 2 aromatic heterocycles. The molecular weight excluding hydrogens is 843 g/mol. The Morgan fingerprint density at radius 1 is 0.309 bits per heavy atom. The lowest BCUT2D eigenvalue weighted by Gasteiger charge is -2.36. The van der Waals surface area contributed by atoms with Crippen molar-refractivity contribution < 1.29 is 4.42 Å². The molecule has 14 rings (SSSR count). The van der Waals surface area contributed by atoms with Crippen LogP contribution in [-0.2, 0) is 5.41 Å². The average Bonchev–Trinajstić information content (AvgIpc) is 4.14. The van der Waals surface area contributed by atoms with Crippen molar-refractivity contribution in [3.63, 3.8) is 0 Å². The summed E-state index contributed by atoms with van der Waals surface area (Å²) >= 11 is 1.90. The van der Waals surface area contributed by atoms with Crippen molar-refractivity contribution in [1.82, 2.24) is 0 Å². The minimum atomic E-state index is -0.590. The summed E-state index contributed by atoms with van der Waals surface area (Å²) in [5.74, 6) is 0.862. The van der Waals surface area contributed by atoms with Gasteiger partial charge in [-0.25, -0.2) is 0 Å². The first kappa shape index (κ1) is 38.7. The second-order valence-electron chi connectivity index (χ2n) is 18.0. The number of benzene rings is 10. The lowest BCUT2D eigenvalue weighted by Crippen LogP contribution is -2.29. The molecule has 68 heavy (non-hydrogen) atoms. The molecule has 0 N–H and O–H groups in total. The second kappa shape index (κ2) is 15.3. The van der Waals surface area contributed by atoms with Crippen LogP contribution in [0.3, 0.4) is 0 Å². The molecule has 2 heterocycles. The Hall–Kier alpha value is -8.50. The topological polar surface area (TPSA) is 16.4 Å². The van der Waals surface area contributed by atoms with Gasteiger partial charge >= 0.3 is 0 Å². The zero-order valence-electron chi connectivity index (χ0n) is 36.9. The Bertz CT molecular complexity index is 3900. The average molecular weight is 884 g/mol. The maximum Gasteiger partial charge on any atom is 0.133 e. The maximum atomic E-state index is 5.77. The number of hydrogen-bond donors (Lipinski definition) is 0. The third-order valence-corrected chi connectivity index (χ3v) is 15.5. The van der Waals surface area contributed by atoms with E-state index in [4.69, 9.17) is 4.42 Å². The van der Waals surface area contributed by atoms with E-state index in [0.29, 0.717) is 0 Å². The summed E-state index contributed by atoms with van der Waals surface area (Å²) in [5.41, 5.74) is 21.2. The molecule has 1 atom stereocenters. The van der Waals surface area contributed by atoms with Crippen molar-refractivity contribution in [3.05, 3.63) is 271 Å². The van der Waals surface area contributed by atoms with Crippen molar-refractivity contribution in [1.29, 1.82) is 0 Å². The van der Waals surface area contributed by atoms with Crippen LogP contribution in [0, 0.1) is 0 Å². The van der Waals surface area contributed by atoms with Gasteiger partial charge in [0.2, 0.25) is 0 Å². The van der Waals surface area contributed by atoms with Gasteiger partial charge in [0.25, 0.3) is 0 Å². The van der Waals surface area contributed by atoms with Crippen LogP contribution in [-0.4, -0.2) is 0 Å². The lowest BCUT2D eigenvalue weighted by atomic mass is 9.66. The summed E-state index contributed by atoms with van der Waals surface area (Å²) in [5, 5.41) is 2.64. The molecule has 0 saturated carbocycles. The Kier molecular flexibility index (Phi) is 8.71. The minimum absolute atomic E-state index is 0.590. The predicted octanol–water partition coefficient (Wildman–Crippen LogP) is 18.1. The SMILES string of the molecule is c1ccc(-c2ccc(N(c3ccc(-c4cccc(-c5ccco5)c4)cc3)c3ccc4c(c3)-c3ccccc3-c3ccccc3C43c4ccccc4-c4cc5c(cc43)sc3ccccc35)cc2)cc1. The van der Waals surface area contributed by atoms with Crippen LogP contribution in [0.1, 0.15) is 22.3 Å². The Morgan fingerprint density at radius 2 is 0.853 bits per heavy atom. The van der Waals surface area contributed by atoms with Crippen LogP contribution < -0.4 is 4.90 Å². The summed E-state index contributed by atoms with van der Waals surface area (Å²) < 4.78 is 8.41. The van der Waals surface area contributed by atoms with Gasteiger partial charge in [-0.1, -0.05) is 170 Å². The molecule has 0 radical (unpaired) electrons. The molecule has 12 aromatic rings. The number of nitrogens with zero attached hydrogens (tertiary/aromatic N) is 1. The Labute approximate surface area is 399 Å². The van der Waals surface area contributed by atoms with Crippen LogP contribution in [0.4, 0.5) is 17.1 Å². The van der Waals surface area contributed by atoms with Gasteiger partial charge in [-0.15, -0.1) is 11.3 Å². The van der Waals surface area contributed by atoms with Gasteiger partial charge in [-0.2, -0.15) is 0 Å². The van der Waals surface area contributed by atoms with E-state index in [1.807, 2.05) is 23.5 Å². The molecule has 0 aliphatic heterocycles. The maximum absolute atomic E-state index is 5.77. The van der Waals surface area contributed by atoms with Crippen LogP contribution in [0.2, 0.25) is 0 Å². The minimum Gasteiger partial charge on any atom is -0.464 e. The Balaban J connectivity index is 1.00. The van der Waals surface area contributed by atoms with E-state index in [9.17, 15) is 0 Å². The van der Waals surface area contributed by atoms with Crippen LogP contribution in [0.5, 0.6) is 0 Å². The van der Waals surface area contributed by atoms with Crippen LogP contribution >= 0.6 is 11.3 Å². The fourth-order valence-corrected chi connectivity index (χ4v) is 12.5. The van der Waals surface area contributed by atoms with E-state index in [-0.39, 0.29) is 0 Å². The van der Waals surface area contributed by atoms with E-state index in [0.717, 1.165) is 39.5 Å². The van der Waals surface area contributed by atoms with Gasteiger partial charge in [0.05, 0.1) is 11.7 Å². The Morgan fingerprint density at radius 3 is 1.57 bits per heavy atom. The molecule has 1 unspecified atom stereocenters. The predicted molar refractivity (Wildman–Crippen MR) is 284 cm³/mol. The van der Waals surface area contributed by atoms with E-state index in [2.05, 4.69) is 235 Å². The number of fused-ring (bicyclic) bond motifs is 15. The number of rotatable bonds is 6. The number of anilines is 3. The number of furan rings is 1. The highest BCUT2D eigenvalue weighted by atomic mass is 32.1. The van der Waals surface area contributed by atoms with Crippen LogP contribution in [0.15, 0.2) is 253 Å². The largest absolute Gasteiger partial charge is 0.464 e. The van der Waals surface area contributed by atoms with E-state index < -0.39 is 5.41 Å². The quantitative estimate of drug-likeness (QED) is 0.165. The van der Waals surface area contributed by atoms with Gasteiger partial charge in [-0.3, -0.25) is 0 Å². The molecule has 2 aliphatic rings. The van der Waals surface area contributed by atoms with E-state index >= 15 is 0 Å². The summed E-state index contributed by atoms with van der Waals surface area (Å²) in [6.45, 7) is 0. The van der Waals surface area contributed by atoms with Gasteiger partial charge in [0, 0.05) is 42.8 Å². The molecule has 0 bridgehead atoms. The van der Waals surface area contributed by atoms with Crippen molar-refractivity contribution in [3.8, 4) is 67.0 Å². The standard InChI is InChI=1S/C65H41NOS/c1-2-14-42(15-3-1)43-27-31-47(32-28-43)66(48-33-29-44(30-34-48)45-16-12-17-46(38-45)62-25-13-37-67-62)49-35-36-60-55(39-49)51-19-5-4-18-50(51)52-20-6-9-23-58(52)65(60)59-24-10-7-21-53(59)56-40-57-54-22-8-11-26-63(54)68-64(57)41-61(56)65/h1-41H. The molecular formula is C65H41NOS. The van der Waals surface area contributed by atoms with Gasteiger partial charge in [0.15, 0.2) is 0 Å². The zero-order valence-corrected chi connectivity index (χ0v) is 37.8. The molecule has 2 aliphatic carbocycles. The van der Waals surface area contributed by atoms with E-state index in [1.54, 1.807) is 6.26 Å².